The van der Waals surface area contributed by atoms with E-state index in [0.717, 1.165) is 49.8 Å². The maximum Gasteiger partial charge on any atom is 0.194 e. The Bertz CT molecular complexity index is 532. The molecule has 0 aliphatic rings. The first-order valence-electron chi connectivity index (χ1n) is 7.44. The predicted octanol–water partition coefficient (Wildman–Crippen LogP) is 3.31. The Morgan fingerprint density at radius 2 is 2.10 bits per heavy atom. The molecule has 0 fully saturated rings. The molecule has 0 spiro atoms. The average molecular weight is 295 g/mol. The number of rotatable bonds is 9. The van der Waals surface area contributed by atoms with E-state index in [9.17, 15) is 0 Å². The molecule has 4 nitrogen and oxygen atoms in total. The van der Waals surface area contributed by atoms with Crippen LogP contribution in [0.25, 0.3) is 4.96 Å². The molecule has 2 rings (SSSR count). The SMILES string of the molecule is CCCCOCCCNCc1c(C)nc2scc(C)n12. The van der Waals surface area contributed by atoms with Crippen LogP contribution in [-0.2, 0) is 11.3 Å². The number of fused-ring (bicyclic) bond motifs is 1. The number of ether oxygens (including phenoxy) is 1. The fraction of sp³-hybridized carbons (Fsp3) is 0.667. The van der Waals surface area contributed by atoms with E-state index < -0.39 is 0 Å². The first-order chi connectivity index (χ1) is 9.74. The van der Waals surface area contributed by atoms with Crippen LogP contribution in [0.5, 0.6) is 0 Å². The van der Waals surface area contributed by atoms with Crippen LogP contribution < -0.4 is 5.32 Å². The molecule has 2 heterocycles. The second-order valence-corrected chi connectivity index (χ2v) is 5.97. The van der Waals surface area contributed by atoms with E-state index in [0.29, 0.717) is 0 Å². The fourth-order valence-corrected chi connectivity index (χ4v) is 3.16. The van der Waals surface area contributed by atoms with Crippen molar-refractivity contribution in [2.45, 2.75) is 46.6 Å². The van der Waals surface area contributed by atoms with Crippen molar-refractivity contribution in [2.24, 2.45) is 0 Å². The number of thiazole rings is 1. The predicted molar refractivity (Wildman–Crippen MR) is 84.6 cm³/mol. The normalized spacial score (nSPS) is 11.6. The van der Waals surface area contributed by atoms with Gasteiger partial charge in [0.1, 0.15) is 0 Å². The van der Waals surface area contributed by atoms with Gasteiger partial charge < -0.3 is 10.1 Å². The smallest absolute Gasteiger partial charge is 0.194 e. The van der Waals surface area contributed by atoms with Gasteiger partial charge in [0.25, 0.3) is 0 Å². The van der Waals surface area contributed by atoms with Crippen molar-refractivity contribution in [2.75, 3.05) is 19.8 Å². The summed E-state index contributed by atoms with van der Waals surface area (Å²) < 4.78 is 7.81. The van der Waals surface area contributed by atoms with E-state index in [1.807, 2.05) is 0 Å². The molecular weight excluding hydrogens is 270 g/mol. The van der Waals surface area contributed by atoms with Crippen LogP contribution in [0.3, 0.4) is 0 Å². The first-order valence-corrected chi connectivity index (χ1v) is 8.32. The third-order valence-corrected chi connectivity index (χ3v) is 4.35. The summed E-state index contributed by atoms with van der Waals surface area (Å²) in [6.07, 6.45) is 3.43. The lowest BCUT2D eigenvalue weighted by atomic mass is 10.3. The Hall–Kier alpha value is -0.910. The van der Waals surface area contributed by atoms with Gasteiger partial charge in [-0.25, -0.2) is 4.98 Å². The maximum atomic E-state index is 5.56. The molecule has 20 heavy (non-hydrogen) atoms. The van der Waals surface area contributed by atoms with Gasteiger partial charge in [-0.3, -0.25) is 4.40 Å². The number of hydrogen-bond acceptors (Lipinski definition) is 4. The summed E-state index contributed by atoms with van der Waals surface area (Å²) in [7, 11) is 0. The van der Waals surface area contributed by atoms with Gasteiger partial charge in [-0.1, -0.05) is 13.3 Å². The van der Waals surface area contributed by atoms with Gasteiger partial charge in [-0.05, 0) is 33.2 Å². The number of aryl methyl sites for hydroxylation is 2. The summed E-state index contributed by atoms with van der Waals surface area (Å²) in [5.74, 6) is 0. The van der Waals surface area contributed by atoms with Crippen molar-refractivity contribution < 1.29 is 4.74 Å². The largest absolute Gasteiger partial charge is 0.381 e. The third-order valence-electron chi connectivity index (χ3n) is 3.41. The zero-order chi connectivity index (χ0) is 14.4. The minimum absolute atomic E-state index is 0.852. The summed E-state index contributed by atoms with van der Waals surface area (Å²) in [6, 6.07) is 0. The highest BCUT2D eigenvalue weighted by molar-refractivity contribution is 7.15. The van der Waals surface area contributed by atoms with Crippen LogP contribution in [0.15, 0.2) is 5.38 Å². The monoisotopic (exact) mass is 295 g/mol. The molecule has 0 aromatic carbocycles. The highest BCUT2D eigenvalue weighted by Crippen LogP contribution is 2.20. The third kappa shape index (κ3) is 3.81. The van der Waals surface area contributed by atoms with E-state index in [2.05, 4.69) is 40.9 Å². The van der Waals surface area contributed by atoms with Gasteiger partial charge in [-0.2, -0.15) is 0 Å². The average Bonchev–Trinajstić information content (AvgIpc) is 2.93. The summed E-state index contributed by atoms with van der Waals surface area (Å²) >= 11 is 1.71. The Morgan fingerprint density at radius 1 is 1.30 bits per heavy atom. The minimum atomic E-state index is 0.852. The maximum absolute atomic E-state index is 5.56. The Balaban J connectivity index is 1.73. The van der Waals surface area contributed by atoms with Gasteiger partial charge in [0, 0.05) is 30.8 Å². The van der Waals surface area contributed by atoms with E-state index in [4.69, 9.17) is 4.74 Å². The van der Waals surface area contributed by atoms with E-state index in [-0.39, 0.29) is 0 Å². The molecule has 0 amide bonds. The number of unbranched alkanes of at least 4 members (excludes halogenated alkanes) is 1. The zero-order valence-electron chi connectivity index (χ0n) is 12.7. The van der Waals surface area contributed by atoms with Gasteiger partial charge in [-0.15, -0.1) is 11.3 Å². The number of aromatic nitrogens is 2. The second-order valence-electron chi connectivity index (χ2n) is 5.14. The quantitative estimate of drug-likeness (QED) is 0.721. The summed E-state index contributed by atoms with van der Waals surface area (Å²) in [5, 5.41) is 5.65. The highest BCUT2D eigenvalue weighted by atomic mass is 32.1. The minimum Gasteiger partial charge on any atom is -0.381 e. The fourth-order valence-electron chi connectivity index (χ4n) is 2.23. The summed E-state index contributed by atoms with van der Waals surface area (Å²) in [6.45, 7) is 10.0. The lowest BCUT2D eigenvalue weighted by Crippen LogP contribution is -2.18. The molecule has 5 heteroatoms. The Morgan fingerprint density at radius 3 is 2.90 bits per heavy atom. The molecular formula is C15H25N3OS. The van der Waals surface area contributed by atoms with Crippen molar-refractivity contribution in [1.29, 1.82) is 0 Å². The summed E-state index contributed by atoms with van der Waals surface area (Å²) in [4.78, 5) is 5.70. The first kappa shape index (κ1) is 15.5. The van der Waals surface area contributed by atoms with Crippen LogP contribution in [0.4, 0.5) is 0 Å². The van der Waals surface area contributed by atoms with Crippen LogP contribution >= 0.6 is 11.3 Å². The molecule has 0 aliphatic heterocycles. The van der Waals surface area contributed by atoms with Crippen LogP contribution in [0.2, 0.25) is 0 Å². The molecule has 0 unspecified atom stereocenters. The molecule has 1 N–H and O–H groups in total. The van der Waals surface area contributed by atoms with E-state index in [1.54, 1.807) is 11.3 Å². The number of hydrogen-bond donors (Lipinski definition) is 1. The van der Waals surface area contributed by atoms with E-state index in [1.165, 1.54) is 17.8 Å². The highest BCUT2D eigenvalue weighted by Gasteiger charge is 2.11. The van der Waals surface area contributed by atoms with E-state index >= 15 is 0 Å². The molecule has 0 saturated heterocycles. The standard InChI is InChI=1S/C15H25N3OS/c1-4-5-8-19-9-6-7-16-10-14-13(3)17-15-18(14)12(2)11-20-15/h11,16H,4-10H2,1-3H3. The van der Waals surface area contributed by atoms with Crippen molar-refractivity contribution in [3.05, 3.63) is 22.5 Å². The lowest BCUT2D eigenvalue weighted by molar-refractivity contribution is 0.128. The van der Waals surface area contributed by atoms with Crippen molar-refractivity contribution in [3.8, 4) is 0 Å². The Kier molecular flexibility index (Phi) is 6.01. The van der Waals surface area contributed by atoms with Crippen molar-refractivity contribution in [1.82, 2.24) is 14.7 Å². The van der Waals surface area contributed by atoms with Crippen LogP contribution in [-0.4, -0.2) is 29.1 Å². The molecule has 112 valence electrons. The van der Waals surface area contributed by atoms with Crippen LogP contribution in [0, 0.1) is 13.8 Å². The molecule has 0 aliphatic carbocycles. The zero-order valence-corrected chi connectivity index (χ0v) is 13.6. The summed E-state index contributed by atoms with van der Waals surface area (Å²) in [5.41, 5.74) is 3.68. The molecule has 2 aromatic rings. The molecule has 0 atom stereocenters. The topological polar surface area (TPSA) is 38.6 Å². The molecule has 0 bridgehead atoms. The van der Waals surface area contributed by atoms with Crippen LogP contribution in [0.1, 0.15) is 43.3 Å². The second kappa shape index (κ2) is 7.76. The number of imidazole rings is 1. The van der Waals surface area contributed by atoms with Gasteiger partial charge in [0.15, 0.2) is 4.96 Å². The number of nitrogens with one attached hydrogen (secondary N) is 1. The molecule has 2 aromatic heterocycles. The van der Waals surface area contributed by atoms with Crippen molar-refractivity contribution in [3.63, 3.8) is 0 Å². The van der Waals surface area contributed by atoms with Crippen molar-refractivity contribution >= 4 is 16.3 Å². The Labute approximate surface area is 125 Å². The number of nitrogens with zero attached hydrogens (tertiary/aromatic N) is 2. The molecule has 0 radical (unpaired) electrons. The van der Waals surface area contributed by atoms with Gasteiger partial charge in [0.05, 0.1) is 11.4 Å². The lowest BCUT2D eigenvalue weighted by Gasteiger charge is -2.07. The van der Waals surface area contributed by atoms with Gasteiger partial charge in [0.2, 0.25) is 0 Å². The molecule has 0 saturated carbocycles. The van der Waals surface area contributed by atoms with Gasteiger partial charge >= 0.3 is 0 Å².